The minimum Gasteiger partial charge on any atom is -0.356 e. The van der Waals surface area contributed by atoms with Crippen molar-refractivity contribution < 1.29 is 4.74 Å². The molecule has 0 saturated carbocycles. The molecule has 0 amide bonds. The standard InChI is InChI=1S/C16H26N4OS/c1-16(2,3)19-15-17-9-8-13(22-15)12-7-10-18-20(12)14-6-4-5-11-21-14/h7-8,10,14-15,17,19H,4-6,9,11H2,1-3H3. The molecule has 0 aromatic carbocycles. The van der Waals surface area contributed by atoms with Gasteiger partial charge in [-0.1, -0.05) is 17.8 Å². The molecule has 2 unspecified atom stereocenters. The third kappa shape index (κ3) is 3.93. The van der Waals surface area contributed by atoms with E-state index in [1.807, 2.05) is 18.0 Å². The van der Waals surface area contributed by atoms with Gasteiger partial charge in [0.05, 0.1) is 5.69 Å². The van der Waals surface area contributed by atoms with Crippen LogP contribution in [-0.4, -0.2) is 34.0 Å². The summed E-state index contributed by atoms with van der Waals surface area (Å²) in [7, 11) is 0. The maximum absolute atomic E-state index is 5.89. The summed E-state index contributed by atoms with van der Waals surface area (Å²) >= 11 is 1.82. The Bertz CT molecular complexity index is 528. The third-order valence-electron chi connectivity index (χ3n) is 3.75. The van der Waals surface area contributed by atoms with Gasteiger partial charge in [-0.3, -0.25) is 10.6 Å². The Morgan fingerprint density at radius 1 is 1.41 bits per heavy atom. The molecule has 122 valence electrons. The van der Waals surface area contributed by atoms with Crippen LogP contribution in [0.5, 0.6) is 0 Å². The molecule has 22 heavy (non-hydrogen) atoms. The van der Waals surface area contributed by atoms with Gasteiger partial charge < -0.3 is 4.74 Å². The molecule has 1 aromatic heterocycles. The van der Waals surface area contributed by atoms with Crippen LogP contribution in [0.4, 0.5) is 0 Å². The average Bonchev–Trinajstić information content (AvgIpc) is 2.96. The highest BCUT2D eigenvalue weighted by Gasteiger charge is 2.25. The second-order valence-electron chi connectivity index (χ2n) is 6.85. The molecular weight excluding hydrogens is 296 g/mol. The summed E-state index contributed by atoms with van der Waals surface area (Å²) in [6.45, 7) is 8.27. The average molecular weight is 322 g/mol. The molecule has 1 saturated heterocycles. The van der Waals surface area contributed by atoms with E-state index >= 15 is 0 Å². The highest BCUT2D eigenvalue weighted by atomic mass is 32.2. The van der Waals surface area contributed by atoms with Gasteiger partial charge in [-0.2, -0.15) is 5.10 Å². The molecule has 2 N–H and O–H groups in total. The summed E-state index contributed by atoms with van der Waals surface area (Å²) in [6.07, 6.45) is 7.63. The Kier molecular flexibility index (Phi) is 4.92. The van der Waals surface area contributed by atoms with Crippen molar-refractivity contribution in [1.29, 1.82) is 0 Å². The van der Waals surface area contributed by atoms with Gasteiger partial charge in [-0.05, 0) is 46.1 Å². The van der Waals surface area contributed by atoms with Crippen LogP contribution in [0.15, 0.2) is 18.3 Å². The number of hydrogen-bond donors (Lipinski definition) is 2. The van der Waals surface area contributed by atoms with Crippen LogP contribution in [0.1, 0.15) is 52.0 Å². The van der Waals surface area contributed by atoms with Crippen LogP contribution < -0.4 is 10.6 Å². The van der Waals surface area contributed by atoms with E-state index in [-0.39, 0.29) is 17.3 Å². The lowest BCUT2D eigenvalue weighted by Gasteiger charge is -2.32. The maximum Gasteiger partial charge on any atom is 0.150 e. The molecule has 0 spiro atoms. The molecule has 3 heterocycles. The third-order valence-corrected chi connectivity index (χ3v) is 4.90. The fourth-order valence-electron chi connectivity index (χ4n) is 2.77. The summed E-state index contributed by atoms with van der Waals surface area (Å²) < 4.78 is 7.95. The molecule has 0 bridgehead atoms. The predicted molar refractivity (Wildman–Crippen MR) is 91.3 cm³/mol. The van der Waals surface area contributed by atoms with Crippen molar-refractivity contribution in [3.05, 3.63) is 24.0 Å². The van der Waals surface area contributed by atoms with Gasteiger partial charge in [0.2, 0.25) is 0 Å². The number of nitrogens with zero attached hydrogens (tertiary/aromatic N) is 2. The number of thioether (sulfide) groups is 1. The first-order valence-electron chi connectivity index (χ1n) is 8.06. The lowest BCUT2D eigenvalue weighted by molar-refractivity contribution is -0.0398. The van der Waals surface area contributed by atoms with Crippen molar-refractivity contribution in [3.63, 3.8) is 0 Å². The van der Waals surface area contributed by atoms with E-state index in [4.69, 9.17) is 4.74 Å². The molecule has 3 rings (SSSR count). The van der Waals surface area contributed by atoms with Crippen molar-refractivity contribution in [2.24, 2.45) is 0 Å². The summed E-state index contributed by atoms with van der Waals surface area (Å²) in [5.74, 6) is 0. The van der Waals surface area contributed by atoms with E-state index in [2.05, 4.69) is 53.3 Å². The smallest absolute Gasteiger partial charge is 0.150 e. The normalized spacial score (nSPS) is 26.8. The molecule has 2 aliphatic heterocycles. The molecule has 5 nitrogen and oxygen atoms in total. The van der Waals surface area contributed by atoms with Gasteiger partial charge in [-0.15, -0.1) is 0 Å². The van der Waals surface area contributed by atoms with Gasteiger partial charge in [0.25, 0.3) is 0 Å². The Morgan fingerprint density at radius 2 is 2.27 bits per heavy atom. The Morgan fingerprint density at radius 3 is 3.00 bits per heavy atom. The zero-order chi connectivity index (χ0) is 15.6. The van der Waals surface area contributed by atoms with Gasteiger partial charge in [-0.25, -0.2) is 4.68 Å². The van der Waals surface area contributed by atoms with Crippen molar-refractivity contribution >= 4 is 16.7 Å². The quantitative estimate of drug-likeness (QED) is 0.896. The van der Waals surface area contributed by atoms with Crippen molar-refractivity contribution in [3.8, 4) is 0 Å². The Labute approximate surface area is 136 Å². The minimum absolute atomic E-state index is 0.0832. The monoisotopic (exact) mass is 322 g/mol. The van der Waals surface area contributed by atoms with E-state index in [1.54, 1.807) is 0 Å². The molecule has 1 fully saturated rings. The molecule has 1 aromatic rings. The SMILES string of the molecule is CC(C)(C)NC1NCC=C(c2ccnn2C2CCCCO2)S1. The molecular formula is C16H26N4OS. The number of rotatable bonds is 3. The molecule has 6 heteroatoms. The van der Waals surface area contributed by atoms with Crippen LogP contribution in [0.3, 0.4) is 0 Å². The first-order valence-corrected chi connectivity index (χ1v) is 8.94. The summed E-state index contributed by atoms with van der Waals surface area (Å²) in [4.78, 5) is 1.27. The van der Waals surface area contributed by atoms with Gasteiger partial charge in [0.1, 0.15) is 5.50 Å². The highest BCUT2D eigenvalue weighted by Crippen LogP contribution is 2.34. The van der Waals surface area contributed by atoms with Crippen LogP contribution in [-0.2, 0) is 4.74 Å². The minimum atomic E-state index is 0.0832. The first-order chi connectivity index (χ1) is 10.5. The fraction of sp³-hybridized carbons (Fsp3) is 0.688. The Balaban J connectivity index is 1.74. The summed E-state index contributed by atoms with van der Waals surface area (Å²) in [6, 6.07) is 2.09. The maximum atomic E-state index is 5.89. The van der Waals surface area contributed by atoms with Gasteiger partial charge >= 0.3 is 0 Å². The van der Waals surface area contributed by atoms with Crippen LogP contribution >= 0.6 is 11.8 Å². The molecule has 2 aliphatic rings. The molecule has 2 atom stereocenters. The van der Waals surface area contributed by atoms with Crippen molar-refractivity contribution in [2.75, 3.05) is 13.2 Å². The van der Waals surface area contributed by atoms with Crippen LogP contribution in [0, 0.1) is 0 Å². The topological polar surface area (TPSA) is 51.1 Å². The van der Waals surface area contributed by atoms with Crippen LogP contribution in [0.25, 0.3) is 4.91 Å². The zero-order valence-electron chi connectivity index (χ0n) is 13.6. The first kappa shape index (κ1) is 16.1. The van der Waals surface area contributed by atoms with E-state index in [9.17, 15) is 0 Å². The van der Waals surface area contributed by atoms with E-state index < -0.39 is 0 Å². The number of aromatic nitrogens is 2. The van der Waals surface area contributed by atoms with E-state index in [0.29, 0.717) is 0 Å². The fourth-order valence-corrected chi connectivity index (χ4v) is 4.08. The predicted octanol–water partition coefficient (Wildman–Crippen LogP) is 2.93. The van der Waals surface area contributed by atoms with Crippen molar-refractivity contribution in [2.45, 2.75) is 57.3 Å². The van der Waals surface area contributed by atoms with Crippen LogP contribution in [0.2, 0.25) is 0 Å². The lowest BCUT2D eigenvalue weighted by atomic mass is 10.1. The van der Waals surface area contributed by atoms with E-state index in [0.717, 1.165) is 26.0 Å². The second kappa shape index (κ2) is 6.74. The lowest BCUT2D eigenvalue weighted by Crippen LogP contribution is -2.50. The summed E-state index contributed by atoms with van der Waals surface area (Å²) in [5, 5.41) is 11.6. The van der Waals surface area contributed by atoms with Gasteiger partial charge in [0, 0.05) is 29.8 Å². The zero-order valence-corrected chi connectivity index (χ0v) is 14.4. The highest BCUT2D eigenvalue weighted by molar-refractivity contribution is 8.08. The molecule has 0 radical (unpaired) electrons. The number of nitrogens with one attached hydrogen (secondary N) is 2. The second-order valence-corrected chi connectivity index (χ2v) is 8.00. The number of ether oxygens (including phenoxy) is 1. The molecule has 0 aliphatic carbocycles. The van der Waals surface area contributed by atoms with E-state index in [1.165, 1.54) is 17.0 Å². The number of hydrogen-bond acceptors (Lipinski definition) is 5. The summed E-state index contributed by atoms with van der Waals surface area (Å²) in [5.41, 5.74) is 1.47. The Hall–Kier alpha value is -0.820. The van der Waals surface area contributed by atoms with Gasteiger partial charge in [0.15, 0.2) is 6.23 Å². The largest absolute Gasteiger partial charge is 0.356 e. The van der Waals surface area contributed by atoms with Crippen molar-refractivity contribution in [1.82, 2.24) is 20.4 Å².